The highest BCUT2D eigenvalue weighted by Gasteiger charge is 2.44. The van der Waals surface area contributed by atoms with Gasteiger partial charge >= 0.3 is 0 Å². The van der Waals surface area contributed by atoms with E-state index >= 15 is 0 Å². The van der Waals surface area contributed by atoms with Gasteiger partial charge in [-0.25, -0.2) is 0 Å². The number of amides is 1. The maximum absolute atomic E-state index is 11.7. The Morgan fingerprint density at radius 2 is 1.83 bits per heavy atom. The van der Waals surface area contributed by atoms with Crippen molar-refractivity contribution in [1.29, 1.82) is 0 Å². The third kappa shape index (κ3) is 2.28. The van der Waals surface area contributed by atoms with Crippen LogP contribution >= 0.6 is 0 Å². The van der Waals surface area contributed by atoms with Gasteiger partial charge in [-0.05, 0) is 33.6 Å². The maximum Gasteiger partial charge on any atom is 0.257 e. The van der Waals surface area contributed by atoms with Crippen molar-refractivity contribution in [3.05, 3.63) is 0 Å². The first-order valence-corrected chi connectivity index (χ1v) is 7.20. The van der Waals surface area contributed by atoms with Gasteiger partial charge in [0, 0.05) is 25.6 Å². The summed E-state index contributed by atoms with van der Waals surface area (Å²) in [6.07, 6.45) is 3.97. The van der Waals surface area contributed by atoms with Crippen LogP contribution in [0.3, 0.4) is 0 Å². The zero-order chi connectivity index (χ0) is 13.4. The maximum atomic E-state index is 11.7. The van der Waals surface area contributed by atoms with Gasteiger partial charge < -0.3 is 9.90 Å². The minimum atomic E-state index is -0.905. The number of hydrogen-bond donors (Lipinski definition) is 0. The van der Waals surface area contributed by atoms with Crippen LogP contribution in [0.4, 0.5) is 4.79 Å². The van der Waals surface area contributed by atoms with Gasteiger partial charge in [0.25, 0.3) is 6.09 Å². The molecule has 1 aliphatic carbocycles. The molecule has 18 heavy (non-hydrogen) atoms. The molecule has 0 aromatic carbocycles. The summed E-state index contributed by atoms with van der Waals surface area (Å²) in [6.45, 7) is 9.38. The van der Waals surface area contributed by atoms with E-state index in [1.165, 1.54) is 19.3 Å². The molecule has 0 aromatic heterocycles. The Kier molecular flexibility index (Phi) is 3.70. The minimum absolute atomic E-state index is 0.107. The third-order valence-electron chi connectivity index (χ3n) is 4.98. The smallest absolute Gasteiger partial charge is 0.257 e. The molecular formula is C14H26N2O2. The Morgan fingerprint density at radius 1 is 1.17 bits per heavy atom. The molecule has 0 spiro atoms. The summed E-state index contributed by atoms with van der Waals surface area (Å²) in [5, 5.41) is 11.7. The van der Waals surface area contributed by atoms with Crippen LogP contribution < -0.4 is 5.11 Å². The number of carbonyl (C=O) groups is 1. The van der Waals surface area contributed by atoms with E-state index in [1.807, 2.05) is 20.8 Å². The van der Waals surface area contributed by atoms with Crippen molar-refractivity contribution >= 4 is 6.09 Å². The first-order valence-electron chi connectivity index (χ1n) is 7.20. The van der Waals surface area contributed by atoms with Crippen molar-refractivity contribution in [3.63, 3.8) is 0 Å². The molecule has 1 unspecified atom stereocenters. The van der Waals surface area contributed by atoms with Crippen LogP contribution in [0.1, 0.15) is 46.5 Å². The van der Waals surface area contributed by atoms with Gasteiger partial charge in [0.2, 0.25) is 0 Å². The van der Waals surface area contributed by atoms with Crippen molar-refractivity contribution in [2.45, 2.75) is 58.0 Å². The minimum Gasteiger partial charge on any atom is -0.498 e. The van der Waals surface area contributed by atoms with E-state index in [9.17, 15) is 9.90 Å². The lowest BCUT2D eigenvalue weighted by Crippen LogP contribution is -2.68. The predicted molar refractivity (Wildman–Crippen MR) is 69.0 cm³/mol. The number of nitrogens with zero attached hydrogens (tertiary/aromatic N) is 2. The molecule has 0 bridgehead atoms. The quantitative estimate of drug-likeness (QED) is 0.661. The Bertz CT molecular complexity index is 320. The molecule has 0 aromatic rings. The Hall–Kier alpha value is -0.610. The van der Waals surface area contributed by atoms with Crippen LogP contribution in [0.2, 0.25) is 0 Å². The van der Waals surface area contributed by atoms with E-state index in [4.69, 9.17) is 0 Å². The second kappa shape index (κ2) is 4.82. The summed E-state index contributed by atoms with van der Waals surface area (Å²) < 4.78 is 0.107. The van der Waals surface area contributed by atoms with Crippen LogP contribution in [0, 0.1) is 0 Å². The monoisotopic (exact) mass is 254 g/mol. The first kappa shape index (κ1) is 13.8. The number of carbonyl (C=O) groups excluding carboxylic acids is 1. The van der Waals surface area contributed by atoms with Crippen molar-refractivity contribution < 1.29 is 14.4 Å². The molecule has 1 amide bonds. The van der Waals surface area contributed by atoms with Gasteiger partial charge in [0.15, 0.2) is 0 Å². The molecule has 2 rings (SSSR count). The predicted octanol–water partition coefficient (Wildman–Crippen LogP) is 1.20. The lowest BCUT2D eigenvalue weighted by Gasteiger charge is -2.47. The lowest BCUT2D eigenvalue weighted by molar-refractivity contribution is -0.917. The van der Waals surface area contributed by atoms with Crippen LogP contribution in [0.5, 0.6) is 0 Å². The Balaban J connectivity index is 2.11. The van der Waals surface area contributed by atoms with E-state index in [-0.39, 0.29) is 10.0 Å². The summed E-state index contributed by atoms with van der Waals surface area (Å²) in [4.78, 5) is 14.2. The Morgan fingerprint density at radius 3 is 2.28 bits per heavy atom. The van der Waals surface area contributed by atoms with E-state index in [2.05, 4.69) is 4.90 Å². The van der Waals surface area contributed by atoms with E-state index in [0.717, 1.165) is 19.5 Å². The molecule has 2 aliphatic rings. The second-order valence-corrected chi connectivity index (χ2v) is 6.83. The molecule has 0 N–H and O–H groups in total. The average Bonchev–Trinajstić information content (AvgIpc) is 2.37. The number of hydrogen-bond acceptors (Lipinski definition) is 3. The molecule has 1 atom stereocenters. The molecule has 1 saturated carbocycles. The summed E-state index contributed by atoms with van der Waals surface area (Å²) in [6, 6.07) is 0.715. The Labute approximate surface area is 110 Å². The van der Waals surface area contributed by atoms with Gasteiger partial charge in [-0.3, -0.25) is 9.38 Å². The van der Waals surface area contributed by atoms with Crippen molar-refractivity contribution in [2.75, 3.05) is 26.2 Å². The molecule has 104 valence electrons. The number of carboxylic acid groups (broad SMARTS) is 1. The number of quaternary nitrogens is 1. The van der Waals surface area contributed by atoms with Crippen molar-refractivity contribution in [3.8, 4) is 0 Å². The molecule has 1 aliphatic heterocycles. The van der Waals surface area contributed by atoms with Crippen molar-refractivity contribution in [1.82, 2.24) is 4.90 Å². The summed E-state index contributed by atoms with van der Waals surface area (Å²) >= 11 is 0. The third-order valence-corrected chi connectivity index (χ3v) is 4.98. The van der Waals surface area contributed by atoms with Gasteiger partial charge in [-0.1, -0.05) is 6.42 Å². The highest BCUT2D eigenvalue weighted by molar-refractivity contribution is 5.54. The highest BCUT2D eigenvalue weighted by atomic mass is 16.4. The van der Waals surface area contributed by atoms with Crippen LogP contribution in [-0.2, 0) is 0 Å². The fourth-order valence-corrected chi connectivity index (χ4v) is 3.31. The SMILES string of the molecule is CC(C)(C)[N+]1(C(=O)[O-])CCCN(C2CCC2)CC1. The van der Waals surface area contributed by atoms with E-state index < -0.39 is 6.09 Å². The summed E-state index contributed by atoms with van der Waals surface area (Å²) in [5.74, 6) is 0. The van der Waals surface area contributed by atoms with Crippen LogP contribution in [0.25, 0.3) is 0 Å². The molecule has 0 radical (unpaired) electrons. The topological polar surface area (TPSA) is 43.4 Å². The molecule has 2 fully saturated rings. The molecule has 4 heteroatoms. The van der Waals surface area contributed by atoms with E-state index in [0.29, 0.717) is 19.1 Å². The number of rotatable bonds is 1. The second-order valence-electron chi connectivity index (χ2n) is 6.83. The van der Waals surface area contributed by atoms with E-state index in [1.54, 1.807) is 0 Å². The molecule has 4 nitrogen and oxygen atoms in total. The zero-order valence-electron chi connectivity index (χ0n) is 11.9. The first-order chi connectivity index (χ1) is 8.37. The average molecular weight is 254 g/mol. The molecular weight excluding hydrogens is 228 g/mol. The molecule has 1 heterocycles. The fourth-order valence-electron chi connectivity index (χ4n) is 3.31. The van der Waals surface area contributed by atoms with Gasteiger partial charge in [-0.2, -0.15) is 0 Å². The van der Waals surface area contributed by atoms with Gasteiger partial charge in [-0.15, -0.1) is 0 Å². The fraction of sp³-hybridized carbons (Fsp3) is 0.929. The van der Waals surface area contributed by atoms with Crippen LogP contribution in [0.15, 0.2) is 0 Å². The van der Waals surface area contributed by atoms with Gasteiger partial charge in [0.05, 0.1) is 18.6 Å². The van der Waals surface area contributed by atoms with Crippen LogP contribution in [-0.4, -0.2) is 53.2 Å². The zero-order valence-corrected chi connectivity index (χ0v) is 11.9. The largest absolute Gasteiger partial charge is 0.498 e. The van der Waals surface area contributed by atoms with Gasteiger partial charge in [0.1, 0.15) is 0 Å². The normalized spacial score (nSPS) is 31.7. The summed E-state index contributed by atoms with van der Waals surface area (Å²) in [7, 11) is 0. The highest BCUT2D eigenvalue weighted by Crippen LogP contribution is 2.30. The van der Waals surface area contributed by atoms with Crippen molar-refractivity contribution in [2.24, 2.45) is 0 Å². The standard InChI is InChI=1S/C14H26N2O2/c1-14(2,3)16(13(17)18)10-5-8-15(9-11-16)12-6-4-7-12/h12H,4-11H2,1-3H3. The summed E-state index contributed by atoms with van der Waals surface area (Å²) in [5.41, 5.74) is -0.283. The molecule has 1 saturated heterocycles. The lowest BCUT2D eigenvalue weighted by atomic mass is 9.91.